The number of benzene rings is 2. The van der Waals surface area contributed by atoms with Crippen molar-refractivity contribution in [1.82, 2.24) is 0 Å². The van der Waals surface area contributed by atoms with E-state index in [4.69, 9.17) is 5.11 Å². The molecule has 2 rings (SSSR count). The van der Waals surface area contributed by atoms with Crippen molar-refractivity contribution in [1.29, 1.82) is 0 Å². The van der Waals surface area contributed by atoms with E-state index in [1.165, 1.54) is 24.3 Å². The first-order valence-electron chi connectivity index (χ1n) is 6.71. The minimum Gasteiger partial charge on any atom is -0.508 e. The highest BCUT2D eigenvalue weighted by atomic mass is 16.3. The molecule has 0 saturated heterocycles. The van der Waals surface area contributed by atoms with Crippen LogP contribution in [0.15, 0.2) is 48.5 Å². The van der Waals surface area contributed by atoms with E-state index in [1.54, 1.807) is 31.2 Å². The van der Waals surface area contributed by atoms with Gasteiger partial charge >= 0.3 is 0 Å². The summed E-state index contributed by atoms with van der Waals surface area (Å²) in [7, 11) is 0. The molecule has 0 atom stereocenters. The van der Waals surface area contributed by atoms with Crippen LogP contribution >= 0.6 is 0 Å². The van der Waals surface area contributed by atoms with Crippen LogP contribution in [0.1, 0.15) is 39.3 Å². The minimum atomic E-state index is -0.940. The molecule has 3 N–H and O–H groups in total. The molecule has 0 heterocycles. The Labute approximate surface area is 138 Å². The van der Waals surface area contributed by atoms with Gasteiger partial charge in [0.25, 0.3) is 0 Å². The van der Waals surface area contributed by atoms with Crippen molar-refractivity contribution in [2.45, 2.75) is 33.6 Å². The van der Waals surface area contributed by atoms with Crippen molar-refractivity contribution in [3.63, 3.8) is 0 Å². The fourth-order valence-electron chi connectivity index (χ4n) is 2.43. The molecule has 0 aliphatic rings. The van der Waals surface area contributed by atoms with Gasteiger partial charge in [-0.15, -0.1) is 0 Å². The summed E-state index contributed by atoms with van der Waals surface area (Å²) in [5.74, 6) is 0.129. The maximum absolute atomic E-state index is 12.6. The highest BCUT2D eigenvalue weighted by Gasteiger charge is 2.36. The number of aliphatic hydroxyl groups is 1. The van der Waals surface area contributed by atoms with E-state index in [9.17, 15) is 15.0 Å². The highest BCUT2D eigenvalue weighted by molar-refractivity contribution is 5.93. The summed E-state index contributed by atoms with van der Waals surface area (Å²) in [5.41, 5.74) is 0.512. The Morgan fingerprint density at radius 3 is 1.52 bits per heavy atom. The van der Waals surface area contributed by atoms with Crippen LogP contribution in [0, 0.1) is 0 Å². The summed E-state index contributed by atoms with van der Waals surface area (Å²) in [6.45, 7) is 1.56. The van der Waals surface area contributed by atoms with E-state index in [1.807, 2.05) is 0 Å². The maximum atomic E-state index is 12.6. The van der Waals surface area contributed by atoms with Crippen molar-refractivity contribution in [2.24, 2.45) is 0 Å². The molecule has 0 fully saturated rings. The SMILES string of the molecule is C.C.CC(C(=O)CCO)(c1ccc(O)cc1)c1ccc(O)cc1. The Balaban J connectivity index is 0.00000242. The predicted octanol–water partition coefficient (Wildman–Crippen LogP) is 3.63. The first-order chi connectivity index (χ1) is 9.98. The van der Waals surface area contributed by atoms with Crippen molar-refractivity contribution >= 4 is 5.78 Å². The Morgan fingerprint density at radius 1 is 0.870 bits per heavy atom. The molecule has 126 valence electrons. The molecule has 0 aliphatic heterocycles. The van der Waals surface area contributed by atoms with Gasteiger partial charge in [0.2, 0.25) is 0 Å². The molecular formula is C19H26O4. The first kappa shape index (κ1) is 20.7. The molecule has 0 aromatic heterocycles. The Kier molecular flexibility index (Phi) is 7.50. The standard InChI is InChI=1S/C17H18O4.2CH4/c1-17(16(21)10-11-18,12-2-6-14(19)7-3-12)13-4-8-15(20)9-5-13;;/h2-9,18-20H,10-11H2,1H3;2*1H4. The van der Waals surface area contributed by atoms with Gasteiger partial charge in [-0.1, -0.05) is 39.1 Å². The van der Waals surface area contributed by atoms with Crippen LogP contribution in [0.5, 0.6) is 11.5 Å². The average Bonchev–Trinajstić information content (AvgIpc) is 2.48. The van der Waals surface area contributed by atoms with Crippen LogP contribution in [0.2, 0.25) is 0 Å². The Hall–Kier alpha value is -2.33. The molecule has 0 bridgehead atoms. The molecule has 0 saturated carbocycles. The molecule has 2 aromatic rings. The minimum absolute atomic E-state index is 0. The molecule has 4 heteroatoms. The van der Waals surface area contributed by atoms with Gasteiger partial charge in [-0.3, -0.25) is 4.79 Å². The van der Waals surface area contributed by atoms with Gasteiger partial charge in [0.1, 0.15) is 17.3 Å². The summed E-state index contributed by atoms with van der Waals surface area (Å²) in [6, 6.07) is 12.9. The second kappa shape index (κ2) is 8.34. The first-order valence-corrected chi connectivity index (χ1v) is 6.71. The number of hydrogen-bond acceptors (Lipinski definition) is 4. The zero-order valence-electron chi connectivity index (χ0n) is 11.8. The predicted molar refractivity (Wildman–Crippen MR) is 92.8 cm³/mol. The molecule has 0 amide bonds. The fraction of sp³-hybridized carbons (Fsp3) is 0.316. The number of carbonyl (C=O) groups excluding carboxylic acids is 1. The smallest absolute Gasteiger partial charge is 0.149 e. The van der Waals surface area contributed by atoms with Crippen molar-refractivity contribution in [3.05, 3.63) is 59.7 Å². The summed E-state index contributed by atoms with van der Waals surface area (Å²) in [4.78, 5) is 12.6. The number of rotatable bonds is 5. The molecule has 0 unspecified atom stereocenters. The van der Waals surface area contributed by atoms with Gasteiger partial charge in [0.15, 0.2) is 0 Å². The third kappa shape index (κ3) is 4.11. The normalized spacial score (nSPS) is 10.3. The number of aromatic hydroxyl groups is 2. The van der Waals surface area contributed by atoms with Gasteiger partial charge in [-0.25, -0.2) is 0 Å². The van der Waals surface area contributed by atoms with E-state index < -0.39 is 5.41 Å². The van der Waals surface area contributed by atoms with E-state index in [0.29, 0.717) is 0 Å². The van der Waals surface area contributed by atoms with E-state index in [0.717, 1.165) is 11.1 Å². The summed E-state index contributed by atoms with van der Waals surface area (Å²) in [5, 5.41) is 27.9. The zero-order chi connectivity index (χ0) is 15.5. The lowest BCUT2D eigenvalue weighted by atomic mass is 9.72. The van der Waals surface area contributed by atoms with Crippen LogP contribution < -0.4 is 0 Å². The van der Waals surface area contributed by atoms with Gasteiger partial charge in [-0.05, 0) is 42.3 Å². The number of aliphatic hydroxyl groups excluding tert-OH is 1. The van der Waals surface area contributed by atoms with Gasteiger partial charge in [0.05, 0.1) is 12.0 Å². The second-order valence-electron chi connectivity index (χ2n) is 5.12. The number of Topliss-reactive ketones (excluding diaryl/α,β-unsaturated/α-hetero) is 1. The molecule has 0 radical (unpaired) electrons. The lowest BCUT2D eigenvalue weighted by Crippen LogP contribution is -2.34. The third-order valence-electron chi connectivity index (χ3n) is 3.79. The van der Waals surface area contributed by atoms with Gasteiger partial charge in [0, 0.05) is 6.42 Å². The number of ketones is 1. The molecule has 2 aromatic carbocycles. The number of phenols is 2. The quantitative estimate of drug-likeness (QED) is 0.786. The lowest BCUT2D eigenvalue weighted by Gasteiger charge is -2.29. The molecular weight excluding hydrogens is 292 g/mol. The van der Waals surface area contributed by atoms with Crippen LogP contribution in [0.3, 0.4) is 0 Å². The maximum Gasteiger partial charge on any atom is 0.149 e. The largest absolute Gasteiger partial charge is 0.508 e. The molecule has 23 heavy (non-hydrogen) atoms. The van der Waals surface area contributed by atoms with Crippen LogP contribution in [0.25, 0.3) is 0 Å². The molecule has 0 aliphatic carbocycles. The molecule has 4 nitrogen and oxygen atoms in total. The highest BCUT2D eigenvalue weighted by Crippen LogP contribution is 2.35. The van der Waals surface area contributed by atoms with E-state index in [2.05, 4.69) is 0 Å². The summed E-state index contributed by atoms with van der Waals surface area (Å²) in [6.07, 6.45) is 0.0399. The van der Waals surface area contributed by atoms with Crippen LogP contribution in [-0.4, -0.2) is 27.7 Å². The van der Waals surface area contributed by atoms with Crippen molar-refractivity contribution in [3.8, 4) is 11.5 Å². The summed E-state index contributed by atoms with van der Waals surface area (Å²) < 4.78 is 0. The Morgan fingerprint density at radius 2 is 1.22 bits per heavy atom. The topological polar surface area (TPSA) is 77.8 Å². The van der Waals surface area contributed by atoms with E-state index in [-0.39, 0.29) is 45.2 Å². The van der Waals surface area contributed by atoms with E-state index >= 15 is 0 Å². The third-order valence-corrected chi connectivity index (χ3v) is 3.79. The number of hydrogen-bond donors (Lipinski definition) is 3. The second-order valence-corrected chi connectivity index (χ2v) is 5.12. The number of carbonyl (C=O) groups is 1. The van der Waals surface area contributed by atoms with Crippen LogP contribution in [0.4, 0.5) is 0 Å². The zero-order valence-corrected chi connectivity index (χ0v) is 11.8. The molecule has 0 spiro atoms. The average molecular weight is 318 g/mol. The number of phenolic OH excluding ortho intramolecular Hbond substituents is 2. The van der Waals surface area contributed by atoms with Crippen molar-refractivity contribution < 1.29 is 20.1 Å². The summed E-state index contributed by atoms with van der Waals surface area (Å²) >= 11 is 0. The Bertz CT molecular complexity index is 569. The van der Waals surface area contributed by atoms with Crippen LogP contribution in [-0.2, 0) is 10.2 Å². The van der Waals surface area contributed by atoms with Crippen molar-refractivity contribution in [2.75, 3.05) is 6.61 Å². The fourth-order valence-corrected chi connectivity index (χ4v) is 2.43. The lowest BCUT2D eigenvalue weighted by molar-refractivity contribution is -0.123. The monoisotopic (exact) mass is 318 g/mol. The van der Waals surface area contributed by atoms with Gasteiger partial charge < -0.3 is 15.3 Å². The van der Waals surface area contributed by atoms with Gasteiger partial charge in [-0.2, -0.15) is 0 Å².